The van der Waals surface area contributed by atoms with Gasteiger partial charge in [0.15, 0.2) is 0 Å². The van der Waals surface area contributed by atoms with Crippen LogP contribution >= 0.6 is 0 Å². The van der Waals surface area contributed by atoms with Gasteiger partial charge < -0.3 is 5.11 Å². The molecular weight excluding hydrogens is 256 g/mol. The molecule has 2 aromatic rings. The predicted octanol–water partition coefficient (Wildman–Crippen LogP) is 2.23. The summed E-state index contributed by atoms with van der Waals surface area (Å²) in [5, 5.41) is 12.9. The van der Waals surface area contributed by atoms with E-state index in [1.807, 2.05) is 24.3 Å². The maximum atomic E-state index is 11.5. The molecule has 0 aliphatic carbocycles. The summed E-state index contributed by atoms with van der Waals surface area (Å²) in [6.07, 6.45) is 1.49. The maximum absolute atomic E-state index is 11.5. The fraction of sp³-hybridized carbons (Fsp3) is 0.267. The monoisotopic (exact) mass is 272 g/mol. The van der Waals surface area contributed by atoms with Crippen LogP contribution < -0.4 is 5.43 Å². The molecule has 5 nitrogen and oxygen atoms in total. The second-order valence-electron chi connectivity index (χ2n) is 5.55. The first-order valence-corrected chi connectivity index (χ1v) is 6.24. The van der Waals surface area contributed by atoms with Crippen molar-refractivity contribution >= 4 is 5.97 Å². The summed E-state index contributed by atoms with van der Waals surface area (Å²) in [4.78, 5) is 22.5. The van der Waals surface area contributed by atoms with Gasteiger partial charge in [0.1, 0.15) is 0 Å². The van der Waals surface area contributed by atoms with E-state index >= 15 is 0 Å². The van der Waals surface area contributed by atoms with Gasteiger partial charge in [-0.2, -0.15) is 5.10 Å². The molecule has 1 aromatic heterocycles. The number of hydrogen-bond acceptors (Lipinski definition) is 3. The first kappa shape index (κ1) is 14.0. The van der Waals surface area contributed by atoms with Crippen LogP contribution in [0.3, 0.4) is 0 Å². The number of carboxylic acid groups (broad SMARTS) is 1. The number of hydrogen-bond donors (Lipinski definition) is 1. The van der Waals surface area contributed by atoms with Crippen molar-refractivity contribution in [1.82, 2.24) is 9.78 Å². The number of rotatable bonds is 2. The van der Waals surface area contributed by atoms with Gasteiger partial charge in [-0.15, -0.1) is 0 Å². The summed E-state index contributed by atoms with van der Waals surface area (Å²) in [5.41, 5.74) is 0.596. The van der Waals surface area contributed by atoms with Gasteiger partial charge in [0, 0.05) is 12.3 Å². The van der Waals surface area contributed by atoms with Crippen LogP contribution in [0, 0.1) is 0 Å². The predicted molar refractivity (Wildman–Crippen MR) is 75.5 cm³/mol. The topological polar surface area (TPSA) is 72.2 Å². The first-order valence-electron chi connectivity index (χ1n) is 6.24. The van der Waals surface area contributed by atoms with Crippen molar-refractivity contribution in [3.8, 4) is 5.69 Å². The lowest BCUT2D eigenvalue weighted by Gasteiger charge is -2.23. The number of aromatic nitrogens is 2. The Morgan fingerprint density at radius 1 is 1.20 bits per heavy atom. The molecule has 0 atom stereocenters. The van der Waals surface area contributed by atoms with Crippen molar-refractivity contribution in [2.45, 2.75) is 26.2 Å². The largest absolute Gasteiger partial charge is 0.476 e. The Labute approximate surface area is 116 Å². The average Bonchev–Trinajstić information content (AvgIpc) is 2.38. The van der Waals surface area contributed by atoms with Crippen LogP contribution in [0.15, 0.2) is 41.3 Å². The quantitative estimate of drug-likeness (QED) is 0.910. The van der Waals surface area contributed by atoms with Crippen molar-refractivity contribution in [1.29, 1.82) is 0 Å². The zero-order chi connectivity index (χ0) is 14.9. The molecule has 0 fully saturated rings. The molecule has 0 aliphatic rings. The van der Waals surface area contributed by atoms with Crippen LogP contribution in [0.2, 0.25) is 0 Å². The molecular formula is C15H16N2O3. The van der Waals surface area contributed by atoms with Gasteiger partial charge in [0.05, 0.1) is 5.69 Å². The number of carboxylic acids is 1. The van der Waals surface area contributed by atoms with Crippen molar-refractivity contribution in [2.24, 2.45) is 0 Å². The molecule has 1 heterocycles. The molecule has 1 aromatic carbocycles. The highest BCUT2D eigenvalue weighted by Gasteiger charge is 2.19. The standard InChI is InChI=1S/C15H16N2O3/c1-15(2,3)10-6-4-5-7-11(10)17-9-8-12(18)13(16-17)14(19)20/h4-9H,1-3H3,(H,19,20). The number of aromatic carboxylic acids is 1. The molecule has 1 N–H and O–H groups in total. The van der Waals surface area contributed by atoms with Crippen LogP contribution in [0.5, 0.6) is 0 Å². The van der Waals surface area contributed by atoms with Crippen LogP contribution in [0.1, 0.15) is 36.8 Å². The molecule has 0 saturated heterocycles. The third-order valence-electron chi connectivity index (χ3n) is 2.97. The van der Waals surface area contributed by atoms with Crippen LogP contribution in [0.25, 0.3) is 5.69 Å². The average molecular weight is 272 g/mol. The number of benzene rings is 1. The molecule has 0 bridgehead atoms. The molecule has 104 valence electrons. The molecule has 0 aliphatic heterocycles. The summed E-state index contributed by atoms with van der Waals surface area (Å²) in [6, 6.07) is 8.81. The van der Waals surface area contributed by atoms with E-state index in [1.165, 1.54) is 16.9 Å². The van der Waals surface area contributed by atoms with Gasteiger partial charge in [-0.3, -0.25) is 4.79 Å². The van der Waals surface area contributed by atoms with Crippen molar-refractivity contribution in [2.75, 3.05) is 0 Å². The third kappa shape index (κ3) is 2.61. The Balaban J connectivity index is 2.67. The lowest BCUT2D eigenvalue weighted by atomic mass is 9.86. The van der Waals surface area contributed by atoms with Gasteiger partial charge in [0.25, 0.3) is 0 Å². The lowest BCUT2D eigenvalue weighted by molar-refractivity contribution is 0.0687. The van der Waals surface area contributed by atoms with Crippen molar-refractivity contribution < 1.29 is 9.90 Å². The van der Waals surface area contributed by atoms with Gasteiger partial charge >= 0.3 is 5.97 Å². The molecule has 0 unspecified atom stereocenters. The van der Waals surface area contributed by atoms with E-state index in [9.17, 15) is 9.59 Å². The van der Waals surface area contributed by atoms with E-state index < -0.39 is 17.1 Å². The van der Waals surface area contributed by atoms with Crippen LogP contribution in [-0.4, -0.2) is 20.9 Å². The molecule has 20 heavy (non-hydrogen) atoms. The smallest absolute Gasteiger partial charge is 0.360 e. The summed E-state index contributed by atoms with van der Waals surface area (Å²) in [7, 11) is 0. The van der Waals surface area contributed by atoms with E-state index in [1.54, 1.807) is 0 Å². The maximum Gasteiger partial charge on any atom is 0.360 e. The second-order valence-corrected chi connectivity index (χ2v) is 5.55. The summed E-state index contributed by atoms with van der Waals surface area (Å²) < 4.78 is 1.44. The minimum Gasteiger partial charge on any atom is -0.476 e. The van der Waals surface area contributed by atoms with Crippen molar-refractivity contribution in [3.63, 3.8) is 0 Å². The minimum absolute atomic E-state index is 0.120. The zero-order valence-electron chi connectivity index (χ0n) is 11.6. The fourth-order valence-corrected chi connectivity index (χ4v) is 2.00. The SMILES string of the molecule is CC(C)(C)c1ccccc1-n1ccc(=O)c(C(=O)O)n1. The normalized spacial score (nSPS) is 11.3. The summed E-state index contributed by atoms with van der Waals surface area (Å²) >= 11 is 0. The van der Waals surface area contributed by atoms with Gasteiger partial charge in [-0.1, -0.05) is 39.0 Å². The van der Waals surface area contributed by atoms with Crippen LogP contribution in [0.4, 0.5) is 0 Å². The molecule has 0 amide bonds. The number of para-hydroxylation sites is 1. The fourth-order valence-electron chi connectivity index (χ4n) is 2.00. The van der Waals surface area contributed by atoms with E-state index in [4.69, 9.17) is 5.11 Å². The highest BCUT2D eigenvalue weighted by atomic mass is 16.4. The summed E-state index contributed by atoms with van der Waals surface area (Å²) in [5.74, 6) is -1.32. The molecule has 0 spiro atoms. The number of carbonyl (C=O) groups is 1. The molecule has 5 heteroatoms. The van der Waals surface area contributed by atoms with Crippen LogP contribution in [-0.2, 0) is 5.41 Å². The molecule has 0 saturated carbocycles. The van der Waals surface area contributed by atoms with Crippen molar-refractivity contribution in [3.05, 3.63) is 58.0 Å². The van der Waals surface area contributed by atoms with Gasteiger partial charge in [-0.25, -0.2) is 9.48 Å². The minimum atomic E-state index is -1.32. The first-order chi connectivity index (χ1) is 9.30. The Morgan fingerprint density at radius 2 is 1.85 bits per heavy atom. The highest BCUT2D eigenvalue weighted by molar-refractivity contribution is 5.84. The Bertz CT molecular complexity index is 712. The van der Waals surface area contributed by atoms with E-state index in [0.29, 0.717) is 0 Å². The van der Waals surface area contributed by atoms with E-state index in [0.717, 1.165) is 11.3 Å². The number of nitrogens with zero attached hydrogens (tertiary/aromatic N) is 2. The van der Waals surface area contributed by atoms with E-state index in [2.05, 4.69) is 25.9 Å². The summed E-state index contributed by atoms with van der Waals surface area (Å²) in [6.45, 7) is 6.19. The zero-order valence-corrected chi connectivity index (χ0v) is 11.6. The van der Waals surface area contributed by atoms with Gasteiger partial charge in [0.2, 0.25) is 11.1 Å². The highest BCUT2D eigenvalue weighted by Crippen LogP contribution is 2.27. The van der Waals surface area contributed by atoms with Gasteiger partial charge in [-0.05, 0) is 17.0 Å². The Kier molecular flexibility index (Phi) is 3.44. The third-order valence-corrected chi connectivity index (χ3v) is 2.97. The molecule has 0 radical (unpaired) electrons. The molecule has 2 rings (SSSR count). The lowest BCUT2D eigenvalue weighted by Crippen LogP contribution is -2.22. The van der Waals surface area contributed by atoms with E-state index in [-0.39, 0.29) is 5.41 Å². The second kappa shape index (κ2) is 4.92. The Hall–Kier alpha value is -2.43. The Morgan fingerprint density at radius 3 is 2.45 bits per heavy atom.